The lowest BCUT2D eigenvalue weighted by molar-refractivity contribution is 0.236. The fourth-order valence-electron chi connectivity index (χ4n) is 1.58. The van der Waals surface area contributed by atoms with Crippen molar-refractivity contribution in [3.05, 3.63) is 0 Å². The Morgan fingerprint density at radius 2 is 2.18 bits per heavy atom. The Balaban J connectivity index is 2.12. The summed E-state index contributed by atoms with van der Waals surface area (Å²) in [6.45, 7) is 8.77. The van der Waals surface area contributed by atoms with Crippen LogP contribution in [0.25, 0.3) is 0 Å². The molecule has 0 aromatic rings. The molecule has 66 valence electrons. The van der Waals surface area contributed by atoms with Gasteiger partial charge in [-0.25, -0.2) is 5.01 Å². The Kier molecular flexibility index (Phi) is 3.83. The second kappa shape index (κ2) is 4.70. The van der Waals surface area contributed by atoms with Crippen molar-refractivity contribution < 1.29 is 0 Å². The van der Waals surface area contributed by atoms with Crippen molar-refractivity contribution in [2.24, 2.45) is 0 Å². The Morgan fingerprint density at radius 3 is 2.82 bits per heavy atom. The normalized spacial score (nSPS) is 26.2. The van der Waals surface area contributed by atoms with Crippen LogP contribution in [0.1, 0.15) is 20.3 Å². The van der Waals surface area contributed by atoms with E-state index < -0.39 is 0 Å². The van der Waals surface area contributed by atoms with E-state index in [9.17, 15) is 0 Å². The summed E-state index contributed by atoms with van der Waals surface area (Å²) in [5, 5.41) is 5.75. The molecule has 1 aliphatic rings. The summed E-state index contributed by atoms with van der Waals surface area (Å²) in [7, 11) is 0. The van der Waals surface area contributed by atoms with Gasteiger partial charge in [0.15, 0.2) is 0 Å². The topological polar surface area (TPSA) is 27.3 Å². The second-order valence-electron chi connectivity index (χ2n) is 3.00. The predicted octanol–water partition coefficient (Wildman–Crippen LogP) is 0.195. The lowest BCUT2D eigenvalue weighted by Crippen LogP contribution is -2.39. The van der Waals surface area contributed by atoms with E-state index in [4.69, 9.17) is 0 Å². The van der Waals surface area contributed by atoms with Crippen molar-refractivity contribution in [1.82, 2.24) is 15.8 Å². The first-order valence-electron chi connectivity index (χ1n) is 4.58. The summed E-state index contributed by atoms with van der Waals surface area (Å²) < 4.78 is 0. The molecule has 0 aliphatic carbocycles. The van der Waals surface area contributed by atoms with Gasteiger partial charge in [0, 0.05) is 25.7 Å². The molecule has 0 radical (unpaired) electrons. The first-order valence-corrected chi connectivity index (χ1v) is 4.58. The number of hydrogen-bond acceptors (Lipinski definition) is 3. The summed E-state index contributed by atoms with van der Waals surface area (Å²) in [5.74, 6) is 0. The van der Waals surface area contributed by atoms with Gasteiger partial charge in [-0.2, -0.15) is 0 Å². The van der Waals surface area contributed by atoms with Gasteiger partial charge in [-0.1, -0.05) is 13.8 Å². The van der Waals surface area contributed by atoms with Crippen LogP contribution >= 0.6 is 0 Å². The van der Waals surface area contributed by atoms with Crippen molar-refractivity contribution in [3.8, 4) is 0 Å². The van der Waals surface area contributed by atoms with Crippen LogP contribution in [0.5, 0.6) is 0 Å². The molecule has 3 nitrogen and oxygen atoms in total. The van der Waals surface area contributed by atoms with Crippen molar-refractivity contribution in [3.63, 3.8) is 0 Å². The van der Waals surface area contributed by atoms with E-state index in [-0.39, 0.29) is 0 Å². The largest absolute Gasteiger partial charge is 0.313 e. The maximum Gasteiger partial charge on any atom is 0.0285 e. The van der Waals surface area contributed by atoms with Crippen LogP contribution in [0.4, 0.5) is 0 Å². The minimum absolute atomic E-state index is 0.707. The van der Waals surface area contributed by atoms with E-state index in [2.05, 4.69) is 29.6 Å². The van der Waals surface area contributed by atoms with Crippen LogP contribution in [0.15, 0.2) is 0 Å². The Hall–Kier alpha value is -0.120. The lowest BCUT2D eigenvalue weighted by Gasteiger charge is -2.16. The first kappa shape index (κ1) is 8.97. The van der Waals surface area contributed by atoms with E-state index in [0.717, 1.165) is 19.6 Å². The van der Waals surface area contributed by atoms with Gasteiger partial charge in [-0.3, -0.25) is 5.43 Å². The summed E-state index contributed by atoms with van der Waals surface area (Å²) in [4.78, 5) is 0. The molecular formula is C8H19N3. The molecule has 0 bridgehead atoms. The second-order valence-corrected chi connectivity index (χ2v) is 3.00. The molecule has 0 aromatic heterocycles. The third-order valence-electron chi connectivity index (χ3n) is 2.06. The number of nitrogens with zero attached hydrogens (tertiary/aromatic N) is 1. The van der Waals surface area contributed by atoms with E-state index >= 15 is 0 Å². The molecule has 1 unspecified atom stereocenters. The average molecular weight is 157 g/mol. The molecule has 11 heavy (non-hydrogen) atoms. The third-order valence-corrected chi connectivity index (χ3v) is 2.06. The molecule has 0 amide bonds. The first-order chi connectivity index (χ1) is 5.36. The molecule has 0 spiro atoms. The monoisotopic (exact) mass is 157 g/mol. The number of hydrogen-bond donors (Lipinski definition) is 2. The van der Waals surface area contributed by atoms with Crippen LogP contribution < -0.4 is 10.7 Å². The van der Waals surface area contributed by atoms with Crippen molar-refractivity contribution in [2.45, 2.75) is 26.3 Å². The van der Waals surface area contributed by atoms with Gasteiger partial charge in [-0.05, 0) is 13.0 Å². The van der Waals surface area contributed by atoms with E-state index in [1.54, 1.807) is 0 Å². The molecule has 0 aromatic carbocycles. The van der Waals surface area contributed by atoms with Crippen LogP contribution in [0, 0.1) is 0 Å². The van der Waals surface area contributed by atoms with Crippen molar-refractivity contribution >= 4 is 0 Å². The van der Waals surface area contributed by atoms with Crippen molar-refractivity contribution in [2.75, 3.05) is 26.2 Å². The smallest absolute Gasteiger partial charge is 0.0285 e. The fraction of sp³-hybridized carbons (Fsp3) is 1.00. The molecular weight excluding hydrogens is 138 g/mol. The molecule has 1 saturated heterocycles. The fourth-order valence-corrected chi connectivity index (χ4v) is 1.58. The Morgan fingerprint density at radius 1 is 1.36 bits per heavy atom. The van der Waals surface area contributed by atoms with E-state index in [0.29, 0.717) is 6.04 Å². The molecule has 1 aliphatic heterocycles. The highest BCUT2D eigenvalue weighted by atomic mass is 15.5. The van der Waals surface area contributed by atoms with Gasteiger partial charge >= 0.3 is 0 Å². The van der Waals surface area contributed by atoms with Gasteiger partial charge in [0.25, 0.3) is 0 Å². The molecule has 1 rings (SSSR count). The maximum absolute atomic E-state index is 3.45. The highest BCUT2D eigenvalue weighted by molar-refractivity contribution is 4.77. The van der Waals surface area contributed by atoms with E-state index in [1.807, 2.05) is 0 Å². The molecule has 3 heteroatoms. The van der Waals surface area contributed by atoms with Gasteiger partial charge in [0.2, 0.25) is 0 Å². The van der Waals surface area contributed by atoms with Gasteiger partial charge in [0.05, 0.1) is 0 Å². The average Bonchev–Trinajstić information content (AvgIpc) is 2.38. The summed E-state index contributed by atoms with van der Waals surface area (Å²) >= 11 is 0. The number of likely N-dealkylation sites (N-methyl/N-ethyl adjacent to an activating group) is 1. The standard InChI is InChI=1S/C8H19N3/c1-3-9-8-5-6-11(7-8)10-4-2/h8-10H,3-7H2,1-2H3. The summed E-state index contributed by atoms with van der Waals surface area (Å²) in [6, 6.07) is 0.707. The lowest BCUT2D eigenvalue weighted by atomic mass is 10.3. The molecule has 1 heterocycles. The van der Waals surface area contributed by atoms with Crippen molar-refractivity contribution in [1.29, 1.82) is 0 Å². The van der Waals surface area contributed by atoms with Crippen LogP contribution in [-0.2, 0) is 0 Å². The number of hydrazine groups is 1. The molecule has 1 fully saturated rings. The SMILES string of the molecule is CCNC1CCN(NCC)C1. The minimum Gasteiger partial charge on any atom is -0.313 e. The summed E-state index contributed by atoms with van der Waals surface area (Å²) in [5.41, 5.74) is 3.33. The summed E-state index contributed by atoms with van der Waals surface area (Å²) in [6.07, 6.45) is 1.28. The van der Waals surface area contributed by atoms with Crippen LogP contribution in [0.2, 0.25) is 0 Å². The number of nitrogens with one attached hydrogen (secondary N) is 2. The van der Waals surface area contributed by atoms with Gasteiger partial charge in [-0.15, -0.1) is 0 Å². The highest BCUT2D eigenvalue weighted by Gasteiger charge is 2.19. The highest BCUT2D eigenvalue weighted by Crippen LogP contribution is 2.05. The zero-order valence-electron chi connectivity index (χ0n) is 7.56. The maximum atomic E-state index is 3.45. The van der Waals surface area contributed by atoms with E-state index in [1.165, 1.54) is 13.0 Å². The van der Waals surface area contributed by atoms with Crippen LogP contribution in [0.3, 0.4) is 0 Å². The zero-order chi connectivity index (χ0) is 8.10. The molecule has 1 atom stereocenters. The van der Waals surface area contributed by atoms with Crippen LogP contribution in [-0.4, -0.2) is 37.2 Å². The predicted molar refractivity (Wildman–Crippen MR) is 47.3 cm³/mol. The van der Waals surface area contributed by atoms with Gasteiger partial charge in [0.1, 0.15) is 0 Å². The Labute approximate surface area is 69.1 Å². The molecule has 2 N–H and O–H groups in total. The molecule has 0 saturated carbocycles. The quantitative estimate of drug-likeness (QED) is 0.610. The zero-order valence-corrected chi connectivity index (χ0v) is 7.56. The van der Waals surface area contributed by atoms with Gasteiger partial charge < -0.3 is 5.32 Å². The Bertz CT molecular complexity index is 93.5. The minimum atomic E-state index is 0.707. The number of rotatable bonds is 4. The third kappa shape index (κ3) is 2.77.